The molecule has 51 heavy (non-hydrogen) atoms. The van der Waals surface area contributed by atoms with Crippen molar-refractivity contribution >= 4 is 31.5 Å². The molecule has 0 saturated carbocycles. The topological polar surface area (TPSA) is 25.8 Å². The first kappa shape index (κ1) is 29.7. The molecule has 0 spiro atoms. The van der Waals surface area contributed by atoms with E-state index in [1.165, 1.54) is 59.1 Å². The van der Waals surface area contributed by atoms with Gasteiger partial charge in [-0.25, -0.2) is 9.97 Å². The Kier molecular flexibility index (Phi) is 6.83. The lowest BCUT2D eigenvalue weighted by Gasteiger charge is -2.28. The molecule has 2 heterocycles. The molecule has 10 rings (SSSR count). The van der Waals surface area contributed by atoms with Gasteiger partial charge < -0.3 is 0 Å². The van der Waals surface area contributed by atoms with E-state index in [-0.39, 0.29) is 5.41 Å². The maximum Gasteiger partial charge on any atom is 0.160 e. The maximum atomic E-state index is 5.18. The lowest BCUT2D eigenvalue weighted by Crippen LogP contribution is -2.22. The molecule has 240 valence electrons. The second kappa shape index (κ2) is 11.7. The summed E-state index contributed by atoms with van der Waals surface area (Å²) >= 11 is 1.83. The fourth-order valence-corrected chi connectivity index (χ4v) is 9.31. The second-order valence-electron chi connectivity index (χ2n) is 13.5. The van der Waals surface area contributed by atoms with Crippen LogP contribution in [0, 0.1) is 0 Å². The summed E-state index contributed by atoms with van der Waals surface area (Å²) in [7, 11) is 0. The maximum absolute atomic E-state index is 5.18. The smallest absolute Gasteiger partial charge is 0.160 e. The molecule has 1 aliphatic carbocycles. The fraction of sp³-hybridized carbons (Fsp3) is 0.0417. The molecule has 0 amide bonds. The van der Waals surface area contributed by atoms with E-state index in [1.54, 1.807) is 0 Å². The molecule has 1 unspecified atom stereocenters. The van der Waals surface area contributed by atoms with E-state index in [1.807, 2.05) is 29.5 Å². The third-order valence-corrected chi connectivity index (χ3v) is 11.8. The van der Waals surface area contributed by atoms with Crippen molar-refractivity contribution in [3.05, 3.63) is 193 Å². The number of hydrogen-bond donors (Lipinski definition) is 0. The van der Waals surface area contributed by atoms with E-state index in [4.69, 9.17) is 9.97 Å². The quantitative estimate of drug-likeness (QED) is 0.182. The molecule has 0 radical (unpaired) electrons. The lowest BCUT2D eigenvalue weighted by atomic mass is 9.74. The zero-order valence-electron chi connectivity index (χ0n) is 28.0. The molecule has 0 bridgehead atoms. The Morgan fingerprint density at radius 2 is 1.06 bits per heavy atom. The predicted molar refractivity (Wildman–Crippen MR) is 214 cm³/mol. The van der Waals surface area contributed by atoms with Crippen molar-refractivity contribution in [2.75, 3.05) is 0 Å². The van der Waals surface area contributed by atoms with Crippen LogP contribution in [-0.4, -0.2) is 9.97 Å². The lowest BCUT2D eigenvalue weighted by molar-refractivity contribution is 0.714. The van der Waals surface area contributed by atoms with Crippen molar-refractivity contribution in [3.63, 3.8) is 0 Å². The molecular formula is C48H32N2S. The zero-order valence-corrected chi connectivity index (χ0v) is 28.9. The molecule has 0 saturated heterocycles. The highest BCUT2D eigenvalue weighted by atomic mass is 32.1. The number of rotatable bonds is 5. The van der Waals surface area contributed by atoms with Crippen LogP contribution in [0.3, 0.4) is 0 Å². The standard InChI is InChI=1S/C48H32N2S/c1-48(34-16-6-3-7-17-34)40-23-10-8-19-38(40)45-35(20-13-24-41(45)48)31-26-28-32(29-27-31)42-30-43(50-47(49-42)33-14-4-2-5-15-33)39-22-12-21-37-36-18-9-11-25-44(36)51-46(37)39/h2-30H,1H3. The summed E-state index contributed by atoms with van der Waals surface area (Å²) in [5.74, 6) is 0.725. The minimum atomic E-state index is -0.231. The fourth-order valence-electron chi connectivity index (χ4n) is 8.08. The second-order valence-corrected chi connectivity index (χ2v) is 14.5. The Bertz CT molecular complexity index is 2750. The van der Waals surface area contributed by atoms with E-state index in [0.29, 0.717) is 0 Å². The molecule has 2 nitrogen and oxygen atoms in total. The molecule has 1 atom stereocenters. The van der Waals surface area contributed by atoms with Gasteiger partial charge in [0.2, 0.25) is 0 Å². The highest BCUT2D eigenvalue weighted by Gasteiger charge is 2.41. The summed E-state index contributed by atoms with van der Waals surface area (Å²) in [4.78, 5) is 10.3. The molecule has 2 aromatic heterocycles. The van der Waals surface area contributed by atoms with Gasteiger partial charge in [0.05, 0.1) is 11.4 Å². The summed E-state index contributed by atoms with van der Waals surface area (Å²) in [6.45, 7) is 2.37. The largest absolute Gasteiger partial charge is 0.228 e. The number of benzene rings is 7. The van der Waals surface area contributed by atoms with Gasteiger partial charge in [0.15, 0.2) is 5.82 Å². The predicted octanol–water partition coefficient (Wildman–Crippen LogP) is 12.8. The molecule has 9 aromatic rings. The van der Waals surface area contributed by atoms with Gasteiger partial charge in [-0.1, -0.05) is 164 Å². The van der Waals surface area contributed by atoms with Crippen molar-refractivity contribution in [1.29, 1.82) is 0 Å². The van der Waals surface area contributed by atoms with Gasteiger partial charge in [-0.2, -0.15) is 0 Å². The van der Waals surface area contributed by atoms with Gasteiger partial charge in [0.1, 0.15) is 0 Å². The highest BCUT2D eigenvalue weighted by molar-refractivity contribution is 7.26. The van der Waals surface area contributed by atoms with Crippen LogP contribution in [0.5, 0.6) is 0 Å². The number of thiophene rings is 1. The minimum Gasteiger partial charge on any atom is -0.228 e. The first-order chi connectivity index (χ1) is 25.2. The van der Waals surface area contributed by atoms with Crippen LogP contribution in [0.25, 0.3) is 76.3 Å². The Morgan fingerprint density at radius 1 is 0.451 bits per heavy atom. The van der Waals surface area contributed by atoms with E-state index >= 15 is 0 Å². The van der Waals surface area contributed by atoms with E-state index in [2.05, 4.69) is 165 Å². The summed E-state index contributed by atoms with van der Waals surface area (Å²) < 4.78 is 2.53. The minimum absolute atomic E-state index is 0.231. The highest BCUT2D eigenvalue weighted by Crippen LogP contribution is 2.55. The average Bonchev–Trinajstić information content (AvgIpc) is 3.72. The normalized spacial score (nSPS) is 14.8. The Morgan fingerprint density at radius 3 is 1.90 bits per heavy atom. The molecule has 0 aliphatic heterocycles. The molecule has 3 heteroatoms. The van der Waals surface area contributed by atoms with Crippen LogP contribution in [-0.2, 0) is 5.41 Å². The first-order valence-electron chi connectivity index (χ1n) is 17.4. The van der Waals surface area contributed by atoms with E-state index in [0.717, 1.165) is 33.9 Å². The number of nitrogens with zero attached hydrogens (tertiary/aromatic N) is 2. The SMILES string of the molecule is CC1(c2ccccc2)c2ccccc2-c2c(-c3ccc(-c4cc(-c5cccc6c5sc5ccccc56)nc(-c5ccccc5)n4)cc3)cccc21. The van der Waals surface area contributed by atoms with Crippen LogP contribution in [0.15, 0.2) is 176 Å². The Balaban J connectivity index is 1.11. The third kappa shape index (κ3) is 4.70. The summed E-state index contributed by atoms with van der Waals surface area (Å²) in [6, 6.07) is 63.2. The van der Waals surface area contributed by atoms with Crippen LogP contribution >= 0.6 is 11.3 Å². The van der Waals surface area contributed by atoms with E-state index < -0.39 is 0 Å². The van der Waals surface area contributed by atoms with Gasteiger partial charge in [0.25, 0.3) is 0 Å². The van der Waals surface area contributed by atoms with E-state index in [9.17, 15) is 0 Å². The third-order valence-electron chi connectivity index (χ3n) is 10.6. The number of fused-ring (bicyclic) bond motifs is 6. The Labute approximate surface area is 301 Å². The number of aromatic nitrogens is 2. The molecule has 1 aliphatic rings. The van der Waals surface area contributed by atoms with Gasteiger partial charge >= 0.3 is 0 Å². The van der Waals surface area contributed by atoms with Crippen molar-refractivity contribution < 1.29 is 0 Å². The van der Waals surface area contributed by atoms with Gasteiger partial charge in [-0.05, 0) is 58.0 Å². The van der Waals surface area contributed by atoms with Crippen molar-refractivity contribution in [1.82, 2.24) is 9.97 Å². The van der Waals surface area contributed by atoms with Gasteiger partial charge in [-0.3, -0.25) is 0 Å². The monoisotopic (exact) mass is 668 g/mol. The average molecular weight is 669 g/mol. The van der Waals surface area contributed by atoms with Crippen LogP contribution in [0.1, 0.15) is 23.6 Å². The van der Waals surface area contributed by atoms with Crippen LogP contribution < -0.4 is 0 Å². The van der Waals surface area contributed by atoms with Crippen molar-refractivity contribution in [2.24, 2.45) is 0 Å². The molecular weight excluding hydrogens is 637 g/mol. The summed E-state index contributed by atoms with van der Waals surface area (Å²) in [6.07, 6.45) is 0. The van der Waals surface area contributed by atoms with Crippen molar-refractivity contribution in [2.45, 2.75) is 12.3 Å². The van der Waals surface area contributed by atoms with Crippen molar-refractivity contribution in [3.8, 4) is 56.2 Å². The molecule has 7 aromatic carbocycles. The van der Waals surface area contributed by atoms with Gasteiger partial charge in [0, 0.05) is 42.3 Å². The molecule has 0 N–H and O–H groups in total. The van der Waals surface area contributed by atoms with Gasteiger partial charge in [-0.15, -0.1) is 11.3 Å². The Hall–Kier alpha value is -6.16. The van der Waals surface area contributed by atoms with Crippen LogP contribution in [0.4, 0.5) is 0 Å². The number of hydrogen-bond acceptors (Lipinski definition) is 3. The first-order valence-corrected chi connectivity index (χ1v) is 18.2. The summed E-state index contributed by atoms with van der Waals surface area (Å²) in [5.41, 5.74) is 13.9. The van der Waals surface area contributed by atoms with Crippen LogP contribution in [0.2, 0.25) is 0 Å². The molecule has 0 fully saturated rings. The summed E-state index contributed by atoms with van der Waals surface area (Å²) in [5, 5.41) is 2.55. The zero-order chi connectivity index (χ0) is 33.9.